The Balaban J connectivity index is 1.74. The van der Waals surface area contributed by atoms with Crippen LogP contribution in [0.15, 0.2) is 24.3 Å². The maximum atomic E-state index is 12.9. The summed E-state index contributed by atoms with van der Waals surface area (Å²) < 4.78 is 12.9. The highest BCUT2D eigenvalue weighted by Crippen LogP contribution is 2.26. The number of hydroxylamine groups is 1. The lowest BCUT2D eigenvalue weighted by atomic mass is 10.1. The first-order valence-corrected chi connectivity index (χ1v) is 8.22. The molecule has 1 heterocycles. The van der Waals surface area contributed by atoms with Crippen LogP contribution < -0.4 is 10.8 Å². The highest BCUT2D eigenvalue weighted by molar-refractivity contribution is 7.18. The molecule has 7 nitrogen and oxygen atoms in total. The molecule has 0 aliphatic rings. The van der Waals surface area contributed by atoms with Gasteiger partial charge in [0, 0.05) is 18.4 Å². The minimum absolute atomic E-state index is 0.177. The maximum absolute atomic E-state index is 12.9. The lowest BCUT2D eigenvalue weighted by molar-refractivity contribution is -0.129. The summed E-state index contributed by atoms with van der Waals surface area (Å²) in [6.45, 7) is 0. The third-order valence-corrected chi connectivity index (χ3v) is 4.08. The number of nitrogens with zero attached hydrogens (tertiary/aromatic N) is 2. The van der Waals surface area contributed by atoms with Gasteiger partial charge in [-0.05, 0) is 37.1 Å². The van der Waals surface area contributed by atoms with Gasteiger partial charge in [-0.25, -0.2) is 9.87 Å². The fourth-order valence-corrected chi connectivity index (χ4v) is 2.73. The Hall–Kier alpha value is -2.39. The van der Waals surface area contributed by atoms with E-state index in [0.717, 1.165) is 5.56 Å². The number of halogens is 1. The normalized spacial score (nSPS) is 10.4. The third-order valence-electron chi connectivity index (χ3n) is 3.19. The second-order valence-electron chi connectivity index (χ2n) is 5.06. The van der Waals surface area contributed by atoms with Crippen LogP contribution in [0.2, 0.25) is 0 Å². The molecule has 0 unspecified atom stereocenters. The summed E-state index contributed by atoms with van der Waals surface area (Å²) >= 11 is 1.21. The Labute approximate surface area is 141 Å². The molecule has 0 atom stereocenters. The standard InChI is InChI=1S/C15H17FN4O3S/c16-11-8-6-10(7-9-11)14-18-19-15(24-14)17-12(21)4-2-1-3-5-13(22)20-23/h6-9,23H,1-5H2,(H,20,22)(H,17,19,21). The van der Waals surface area contributed by atoms with Gasteiger partial charge in [-0.15, -0.1) is 10.2 Å². The van der Waals surface area contributed by atoms with Crippen LogP contribution in [-0.4, -0.2) is 27.2 Å². The number of hydrogen-bond donors (Lipinski definition) is 3. The average molecular weight is 352 g/mol. The first-order valence-electron chi connectivity index (χ1n) is 7.40. The van der Waals surface area contributed by atoms with Gasteiger partial charge < -0.3 is 5.32 Å². The fraction of sp³-hybridized carbons (Fsp3) is 0.333. The zero-order valence-corrected chi connectivity index (χ0v) is 13.6. The number of rotatable bonds is 8. The summed E-state index contributed by atoms with van der Waals surface area (Å²) in [5, 5.41) is 19.9. The highest BCUT2D eigenvalue weighted by Gasteiger charge is 2.10. The molecule has 2 rings (SSSR count). The molecule has 0 spiro atoms. The predicted molar refractivity (Wildman–Crippen MR) is 86.9 cm³/mol. The third kappa shape index (κ3) is 5.67. The molecule has 0 bridgehead atoms. The number of benzene rings is 1. The lowest BCUT2D eigenvalue weighted by Crippen LogP contribution is -2.17. The predicted octanol–water partition coefficient (Wildman–Crippen LogP) is 2.74. The molecule has 0 aliphatic carbocycles. The number of carbonyl (C=O) groups is 2. The molecule has 3 N–H and O–H groups in total. The second kappa shape index (κ2) is 9.04. The van der Waals surface area contributed by atoms with Gasteiger partial charge in [-0.2, -0.15) is 0 Å². The van der Waals surface area contributed by atoms with E-state index in [9.17, 15) is 14.0 Å². The Morgan fingerprint density at radius 3 is 2.38 bits per heavy atom. The van der Waals surface area contributed by atoms with Crippen molar-refractivity contribution in [2.75, 3.05) is 5.32 Å². The molecular formula is C15H17FN4O3S. The SMILES string of the molecule is O=C(CCCCCC(=O)Nc1nnc(-c2ccc(F)cc2)s1)NO. The molecule has 0 saturated heterocycles. The van der Waals surface area contributed by atoms with Gasteiger partial charge >= 0.3 is 0 Å². The number of nitrogens with one attached hydrogen (secondary N) is 2. The van der Waals surface area contributed by atoms with Crippen molar-refractivity contribution in [3.05, 3.63) is 30.1 Å². The quantitative estimate of drug-likeness (QED) is 0.385. The zero-order valence-electron chi connectivity index (χ0n) is 12.8. The summed E-state index contributed by atoms with van der Waals surface area (Å²) in [4.78, 5) is 22.6. The number of hydrogen-bond acceptors (Lipinski definition) is 6. The summed E-state index contributed by atoms with van der Waals surface area (Å²) in [7, 11) is 0. The van der Waals surface area contributed by atoms with E-state index in [1.807, 2.05) is 0 Å². The van der Waals surface area contributed by atoms with E-state index in [4.69, 9.17) is 5.21 Å². The van der Waals surface area contributed by atoms with Crippen LogP contribution >= 0.6 is 11.3 Å². The van der Waals surface area contributed by atoms with E-state index in [-0.39, 0.29) is 18.1 Å². The van der Waals surface area contributed by atoms with Crippen molar-refractivity contribution in [2.24, 2.45) is 0 Å². The van der Waals surface area contributed by atoms with E-state index in [1.165, 1.54) is 23.5 Å². The minimum Gasteiger partial charge on any atom is -0.301 e. The van der Waals surface area contributed by atoms with Crippen LogP contribution in [0.1, 0.15) is 32.1 Å². The van der Waals surface area contributed by atoms with Crippen molar-refractivity contribution < 1.29 is 19.2 Å². The average Bonchev–Trinajstić information content (AvgIpc) is 3.03. The number of aromatic nitrogens is 2. The van der Waals surface area contributed by atoms with Crippen molar-refractivity contribution in [3.8, 4) is 10.6 Å². The Morgan fingerprint density at radius 1 is 1.04 bits per heavy atom. The van der Waals surface area contributed by atoms with Gasteiger partial charge in [-0.3, -0.25) is 14.8 Å². The molecule has 0 fully saturated rings. The van der Waals surface area contributed by atoms with Gasteiger partial charge in [0.25, 0.3) is 0 Å². The molecular weight excluding hydrogens is 335 g/mol. The van der Waals surface area contributed by atoms with Crippen LogP contribution in [0, 0.1) is 5.82 Å². The molecule has 2 amide bonds. The summed E-state index contributed by atoms with van der Waals surface area (Å²) in [5.41, 5.74) is 2.30. The molecule has 2 aromatic rings. The van der Waals surface area contributed by atoms with Crippen LogP contribution in [0.5, 0.6) is 0 Å². The molecule has 1 aromatic heterocycles. The van der Waals surface area contributed by atoms with E-state index < -0.39 is 5.91 Å². The largest absolute Gasteiger partial charge is 0.301 e. The van der Waals surface area contributed by atoms with Crippen molar-refractivity contribution in [2.45, 2.75) is 32.1 Å². The van der Waals surface area contributed by atoms with Crippen LogP contribution in [0.25, 0.3) is 10.6 Å². The zero-order chi connectivity index (χ0) is 17.4. The van der Waals surface area contributed by atoms with Gasteiger partial charge in [0.2, 0.25) is 16.9 Å². The maximum Gasteiger partial charge on any atom is 0.243 e. The first-order chi connectivity index (χ1) is 11.6. The summed E-state index contributed by atoms with van der Waals surface area (Å²) in [6.07, 6.45) is 2.49. The van der Waals surface area contributed by atoms with Crippen LogP contribution in [0.4, 0.5) is 9.52 Å². The monoisotopic (exact) mass is 352 g/mol. The Bertz CT molecular complexity index is 690. The number of anilines is 1. The van der Waals surface area contributed by atoms with Crippen molar-refractivity contribution >= 4 is 28.3 Å². The van der Waals surface area contributed by atoms with E-state index in [2.05, 4.69) is 15.5 Å². The van der Waals surface area contributed by atoms with Gasteiger partial charge in [0.1, 0.15) is 10.8 Å². The Kier molecular flexibility index (Phi) is 6.76. The van der Waals surface area contributed by atoms with Crippen molar-refractivity contribution in [3.63, 3.8) is 0 Å². The van der Waals surface area contributed by atoms with Gasteiger partial charge in [-0.1, -0.05) is 17.8 Å². The molecule has 1 aromatic carbocycles. The molecule has 9 heteroatoms. The molecule has 0 aliphatic heterocycles. The number of carbonyl (C=O) groups excluding carboxylic acids is 2. The first kappa shape index (κ1) is 18.0. The number of amides is 2. The van der Waals surface area contributed by atoms with E-state index >= 15 is 0 Å². The smallest absolute Gasteiger partial charge is 0.243 e. The van der Waals surface area contributed by atoms with Crippen molar-refractivity contribution in [1.29, 1.82) is 0 Å². The lowest BCUT2D eigenvalue weighted by Gasteiger charge is -2.01. The number of unbranched alkanes of at least 4 members (excludes halogenated alkanes) is 2. The highest BCUT2D eigenvalue weighted by atomic mass is 32.1. The summed E-state index contributed by atoms with van der Waals surface area (Å²) in [6, 6.07) is 5.88. The molecule has 0 radical (unpaired) electrons. The van der Waals surface area contributed by atoms with E-state index in [1.54, 1.807) is 17.6 Å². The second-order valence-corrected chi connectivity index (χ2v) is 6.04. The van der Waals surface area contributed by atoms with Crippen LogP contribution in [0.3, 0.4) is 0 Å². The molecule has 128 valence electrons. The van der Waals surface area contributed by atoms with Crippen LogP contribution in [-0.2, 0) is 9.59 Å². The topological polar surface area (TPSA) is 104 Å². The molecule has 24 heavy (non-hydrogen) atoms. The van der Waals surface area contributed by atoms with Gasteiger partial charge in [0.15, 0.2) is 0 Å². The fourth-order valence-electron chi connectivity index (χ4n) is 1.97. The Morgan fingerprint density at radius 2 is 1.71 bits per heavy atom. The van der Waals surface area contributed by atoms with Crippen molar-refractivity contribution in [1.82, 2.24) is 15.7 Å². The molecule has 0 saturated carbocycles. The summed E-state index contributed by atoms with van der Waals surface area (Å²) in [5.74, 6) is -0.932. The minimum atomic E-state index is -0.429. The van der Waals surface area contributed by atoms with Gasteiger partial charge in [0.05, 0.1) is 0 Å². The van der Waals surface area contributed by atoms with E-state index in [0.29, 0.717) is 35.8 Å².